The topological polar surface area (TPSA) is 78.6 Å². The number of likely N-dealkylation sites (N-methyl/N-ethyl adjacent to an activating group) is 1. The van der Waals surface area contributed by atoms with Crippen LogP contribution in [0.4, 0.5) is 5.69 Å². The lowest BCUT2D eigenvalue weighted by atomic mass is 9.99. The average molecular weight is 309 g/mol. The van der Waals surface area contributed by atoms with Crippen LogP contribution in [-0.2, 0) is 6.54 Å². The summed E-state index contributed by atoms with van der Waals surface area (Å²) in [5.41, 5.74) is 0.910. The molecule has 1 atom stereocenters. The second kappa shape index (κ2) is 7.67. The van der Waals surface area contributed by atoms with E-state index in [1.54, 1.807) is 13.0 Å². The zero-order valence-corrected chi connectivity index (χ0v) is 14.1. The van der Waals surface area contributed by atoms with E-state index in [9.17, 15) is 15.2 Å². The molecule has 124 valence electrons. The summed E-state index contributed by atoms with van der Waals surface area (Å²) in [6.45, 7) is 7.11. The van der Waals surface area contributed by atoms with Crippen molar-refractivity contribution < 1.29 is 10.0 Å². The normalized spacial score (nSPS) is 14.4. The number of hydrogen-bond acceptors (Lipinski definition) is 5. The Morgan fingerprint density at radius 1 is 1.41 bits per heavy atom. The van der Waals surface area contributed by atoms with Crippen LogP contribution in [0.15, 0.2) is 18.2 Å². The highest BCUT2D eigenvalue weighted by Crippen LogP contribution is 2.27. The highest BCUT2D eigenvalue weighted by molar-refractivity contribution is 5.45. The van der Waals surface area contributed by atoms with Gasteiger partial charge in [-0.3, -0.25) is 10.1 Å². The van der Waals surface area contributed by atoms with E-state index in [0.29, 0.717) is 19.6 Å². The van der Waals surface area contributed by atoms with Gasteiger partial charge in [-0.15, -0.1) is 0 Å². The monoisotopic (exact) mass is 309 g/mol. The van der Waals surface area contributed by atoms with Gasteiger partial charge in [0.05, 0.1) is 10.5 Å². The third kappa shape index (κ3) is 5.71. The van der Waals surface area contributed by atoms with Crippen molar-refractivity contribution in [3.05, 3.63) is 39.4 Å². The molecule has 22 heavy (non-hydrogen) atoms. The molecule has 6 nitrogen and oxygen atoms in total. The Bertz CT molecular complexity index is 513. The third-order valence-electron chi connectivity index (χ3n) is 3.41. The molecule has 1 rings (SSSR count). The molecule has 0 bridgehead atoms. The predicted molar refractivity (Wildman–Crippen MR) is 88.1 cm³/mol. The average Bonchev–Trinajstić information content (AvgIpc) is 2.36. The lowest BCUT2D eigenvalue weighted by Crippen LogP contribution is -2.45. The molecule has 1 unspecified atom stereocenters. The fourth-order valence-corrected chi connectivity index (χ4v) is 2.56. The predicted octanol–water partition coefficient (Wildman–Crippen LogP) is 2.12. The zero-order valence-electron chi connectivity index (χ0n) is 14.1. The number of aliphatic hydroxyl groups is 1. The summed E-state index contributed by atoms with van der Waals surface area (Å²) in [6, 6.07) is 5.33. The molecule has 2 N–H and O–H groups in total. The van der Waals surface area contributed by atoms with Crippen molar-refractivity contribution in [1.29, 1.82) is 0 Å². The van der Waals surface area contributed by atoms with Crippen molar-refractivity contribution in [1.82, 2.24) is 10.2 Å². The molecule has 0 aromatic heterocycles. The third-order valence-corrected chi connectivity index (χ3v) is 3.41. The fraction of sp³-hybridized carbons (Fsp3) is 0.625. The van der Waals surface area contributed by atoms with Gasteiger partial charge in [-0.25, -0.2) is 0 Å². The van der Waals surface area contributed by atoms with E-state index in [1.807, 2.05) is 45.0 Å². The van der Waals surface area contributed by atoms with Crippen molar-refractivity contribution in [3.63, 3.8) is 0 Å². The van der Waals surface area contributed by atoms with Crippen LogP contribution in [0.2, 0.25) is 0 Å². The van der Waals surface area contributed by atoms with Crippen LogP contribution < -0.4 is 5.32 Å². The molecule has 0 heterocycles. The second-order valence-corrected chi connectivity index (χ2v) is 6.64. The van der Waals surface area contributed by atoms with E-state index in [2.05, 4.69) is 5.32 Å². The molecular weight excluding hydrogens is 282 g/mol. The molecule has 0 aliphatic carbocycles. The SMILES string of the molecule is CC(C)c1ccc(CNCC(C)(O)CN(C)C)cc1[N+](=O)[O-]. The zero-order chi connectivity index (χ0) is 16.9. The maximum absolute atomic E-state index is 11.2. The summed E-state index contributed by atoms with van der Waals surface area (Å²) in [6.07, 6.45) is 0. The van der Waals surface area contributed by atoms with Crippen LogP contribution in [0.25, 0.3) is 0 Å². The first-order chi connectivity index (χ1) is 10.1. The number of nitrogens with zero attached hydrogens (tertiary/aromatic N) is 2. The molecule has 0 radical (unpaired) electrons. The molecule has 6 heteroatoms. The Labute approximate surface area is 132 Å². The Hall–Kier alpha value is -1.50. The van der Waals surface area contributed by atoms with Crippen LogP contribution in [0.1, 0.15) is 37.8 Å². The van der Waals surface area contributed by atoms with Gasteiger partial charge in [0.25, 0.3) is 5.69 Å². The van der Waals surface area contributed by atoms with E-state index >= 15 is 0 Å². The molecule has 0 saturated carbocycles. The fourth-order valence-electron chi connectivity index (χ4n) is 2.56. The highest BCUT2D eigenvalue weighted by Gasteiger charge is 2.21. The maximum atomic E-state index is 11.2. The number of nitrogens with one attached hydrogen (secondary N) is 1. The molecule has 0 fully saturated rings. The summed E-state index contributed by atoms with van der Waals surface area (Å²) in [5, 5.41) is 24.5. The van der Waals surface area contributed by atoms with E-state index in [0.717, 1.165) is 11.1 Å². The van der Waals surface area contributed by atoms with Crippen molar-refractivity contribution in [2.75, 3.05) is 27.2 Å². The molecule has 0 amide bonds. The largest absolute Gasteiger partial charge is 0.388 e. The lowest BCUT2D eigenvalue weighted by Gasteiger charge is -2.27. The Morgan fingerprint density at radius 3 is 2.55 bits per heavy atom. The minimum absolute atomic E-state index is 0.114. The van der Waals surface area contributed by atoms with Crippen molar-refractivity contribution in [3.8, 4) is 0 Å². The first kappa shape index (κ1) is 18.5. The number of nitro groups is 1. The number of hydrogen-bond donors (Lipinski definition) is 2. The summed E-state index contributed by atoms with van der Waals surface area (Å²) in [7, 11) is 3.81. The summed E-state index contributed by atoms with van der Waals surface area (Å²) < 4.78 is 0. The van der Waals surface area contributed by atoms with Gasteiger partial charge in [-0.05, 0) is 32.5 Å². The van der Waals surface area contributed by atoms with Gasteiger partial charge in [0, 0.05) is 31.3 Å². The minimum Gasteiger partial charge on any atom is -0.388 e. The molecule has 1 aromatic carbocycles. The van der Waals surface area contributed by atoms with Gasteiger partial charge in [0.1, 0.15) is 0 Å². The second-order valence-electron chi connectivity index (χ2n) is 6.64. The van der Waals surface area contributed by atoms with E-state index in [4.69, 9.17) is 0 Å². The maximum Gasteiger partial charge on any atom is 0.273 e. The van der Waals surface area contributed by atoms with Gasteiger partial charge in [0.2, 0.25) is 0 Å². The summed E-state index contributed by atoms with van der Waals surface area (Å²) >= 11 is 0. The van der Waals surface area contributed by atoms with Crippen LogP contribution >= 0.6 is 0 Å². The van der Waals surface area contributed by atoms with Gasteiger partial charge in [-0.1, -0.05) is 26.0 Å². The van der Waals surface area contributed by atoms with Crippen LogP contribution in [0.3, 0.4) is 0 Å². The molecular formula is C16H27N3O3. The smallest absolute Gasteiger partial charge is 0.273 e. The lowest BCUT2D eigenvalue weighted by molar-refractivity contribution is -0.385. The van der Waals surface area contributed by atoms with Crippen molar-refractivity contribution in [2.45, 2.75) is 38.8 Å². The first-order valence-corrected chi connectivity index (χ1v) is 7.47. The van der Waals surface area contributed by atoms with Gasteiger partial charge >= 0.3 is 0 Å². The summed E-state index contributed by atoms with van der Waals surface area (Å²) in [5.74, 6) is 0.114. The number of nitro benzene ring substituents is 1. The molecule has 0 aliphatic rings. The molecule has 0 saturated heterocycles. The van der Waals surface area contributed by atoms with Crippen molar-refractivity contribution >= 4 is 5.69 Å². The van der Waals surface area contributed by atoms with E-state index in [-0.39, 0.29) is 16.5 Å². The van der Waals surface area contributed by atoms with Crippen LogP contribution in [-0.4, -0.2) is 47.7 Å². The molecule has 1 aromatic rings. The van der Waals surface area contributed by atoms with Crippen LogP contribution in [0.5, 0.6) is 0 Å². The summed E-state index contributed by atoms with van der Waals surface area (Å²) in [4.78, 5) is 12.8. The van der Waals surface area contributed by atoms with Gasteiger partial charge in [0.15, 0.2) is 0 Å². The van der Waals surface area contributed by atoms with Gasteiger partial charge < -0.3 is 15.3 Å². The quantitative estimate of drug-likeness (QED) is 0.568. The van der Waals surface area contributed by atoms with E-state index in [1.165, 1.54) is 0 Å². The highest BCUT2D eigenvalue weighted by atomic mass is 16.6. The number of rotatable bonds is 8. The Kier molecular flexibility index (Phi) is 6.47. The van der Waals surface area contributed by atoms with Crippen molar-refractivity contribution in [2.24, 2.45) is 0 Å². The molecule has 0 spiro atoms. The number of benzene rings is 1. The van der Waals surface area contributed by atoms with E-state index < -0.39 is 5.60 Å². The standard InChI is InChI=1S/C16H27N3O3/c1-12(2)14-7-6-13(8-15(14)19(21)22)9-17-10-16(3,20)11-18(4)5/h6-8,12,17,20H,9-11H2,1-5H3. The first-order valence-electron chi connectivity index (χ1n) is 7.47. The molecule has 0 aliphatic heterocycles. The Balaban J connectivity index is 2.71. The minimum atomic E-state index is -0.840. The Morgan fingerprint density at radius 2 is 2.05 bits per heavy atom. The van der Waals surface area contributed by atoms with Gasteiger partial charge in [-0.2, -0.15) is 0 Å². The van der Waals surface area contributed by atoms with Crippen LogP contribution in [0, 0.1) is 10.1 Å².